The molecule has 0 spiro atoms. The molecule has 2 aromatic rings. The molecule has 1 aromatic heterocycles. The summed E-state index contributed by atoms with van der Waals surface area (Å²) in [6.07, 6.45) is 0.569. The number of aldehydes is 1. The van der Waals surface area contributed by atoms with E-state index in [1.54, 1.807) is 19.1 Å². The van der Waals surface area contributed by atoms with Crippen molar-refractivity contribution in [2.24, 2.45) is 0 Å². The van der Waals surface area contributed by atoms with Crippen LogP contribution in [0, 0.1) is 17.0 Å². The number of anilines is 1. The molecule has 0 aliphatic heterocycles. The van der Waals surface area contributed by atoms with Crippen LogP contribution < -0.4 is 5.73 Å². The molecule has 0 radical (unpaired) electrons. The van der Waals surface area contributed by atoms with Crippen molar-refractivity contribution in [3.8, 4) is 11.3 Å². The summed E-state index contributed by atoms with van der Waals surface area (Å²) in [6.45, 7) is 1.64. The van der Waals surface area contributed by atoms with E-state index in [1.807, 2.05) is 0 Å². The van der Waals surface area contributed by atoms with Crippen LogP contribution >= 0.6 is 0 Å². The predicted molar refractivity (Wildman–Crippen MR) is 65.2 cm³/mol. The van der Waals surface area contributed by atoms with Crippen molar-refractivity contribution in [1.82, 2.24) is 10.2 Å². The lowest BCUT2D eigenvalue weighted by molar-refractivity contribution is -0.385. The molecule has 92 valence electrons. The van der Waals surface area contributed by atoms with Crippen molar-refractivity contribution in [1.29, 1.82) is 0 Å². The highest BCUT2D eigenvalue weighted by molar-refractivity contribution is 5.91. The first-order valence-electron chi connectivity index (χ1n) is 5.09. The molecule has 3 N–H and O–H groups in total. The minimum Gasteiger partial charge on any atom is -0.382 e. The van der Waals surface area contributed by atoms with Gasteiger partial charge >= 0.3 is 0 Å². The summed E-state index contributed by atoms with van der Waals surface area (Å²) >= 11 is 0. The minimum absolute atomic E-state index is 0.0162. The van der Waals surface area contributed by atoms with Gasteiger partial charge in [-0.3, -0.25) is 20.0 Å². The standard InChI is InChI=1S/C11H10N4O3/c1-6-2-3-7(4-9(6)15(17)18)10-8(5-16)11(12)14-13-10/h2-5H,1H3,(H3,12,13,14). The number of carbonyl (C=O) groups is 1. The van der Waals surface area contributed by atoms with Gasteiger partial charge in [0, 0.05) is 17.2 Å². The Hall–Kier alpha value is -2.70. The molecule has 0 aliphatic rings. The van der Waals surface area contributed by atoms with Crippen molar-refractivity contribution >= 4 is 17.8 Å². The largest absolute Gasteiger partial charge is 0.382 e. The third kappa shape index (κ3) is 1.81. The second kappa shape index (κ2) is 4.28. The summed E-state index contributed by atoms with van der Waals surface area (Å²) in [5.74, 6) is 0.0724. The molecule has 7 heteroatoms. The van der Waals surface area contributed by atoms with Gasteiger partial charge in [-0.15, -0.1) is 0 Å². The fourth-order valence-electron chi connectivity index (χ4n) is 1.67. The van der Waals surface area contributed by atoms with E-state index >= 15 is 0 Å². The molecule has 0 amide bonds. The monoisotopic (exact) mass is 246 g/mol. The van der Waals surface area contributed by atoms with Gasteiger partial charge in [0.15, 0.2) is 12.1 Å². The second-order valence-corrected chi connectivity index (χ2v) is 3.77. The lowest BCUT2D eigenvalue weighted by atomic mass is 10.0. The summed E-state index contributed by atoms with van der Waals surface area (Å²) in [6, 6.07) is 4.66. The van der Waals surface area contributed by atoms with Crippen molar-refractivity contribution in [2.45, 2.75) is 6.92 Å². The summed E-state index contributed by atoms with van der Waals surface area (Å²) in [5.41, 5.74) is 7.12. The van der Waals surface area contributed by atoms with Crippen LogP contribution in [-0.4, -0.2) is 21.4 Å². The predicted octanol–water partition coefficient (Wildman–Crippen LogP) is 1.69. The molecule has 0 saturated heterocycles. The number of nitro groups is 1. The van der Waals surface area contributed by atoms with Gasteiger partial charge in [0.05, 0.1) is 16.2 Å². The van der Waals surface area contributed by atoms with Crippen LogP contribution in [0.5, 0.6) is 0 Å². The van der Waals surface area contributed by atoms with Crippen LogP contribution in [0.3, 0.4) is 0 Å². The van der Waals surface area contributed by atoms with Crippen molar-refractivity contribution in [2.75, 3.05) is 5.73 Å². The van der Waals surface area contributed by atoms with E-state index in [9.17, 15) is 14.9 Å². The summed E-state index contributed by atoms with van der Waals surface area (Å²) in [4.78, 5) is 21.3. The number of hydrogen-bond donors (Lipinski definition) is 2. The molecular formula is C11H10N4O3. The smallest absolute Gasteiger partial charge is 0.272 e. The number of hydrogen-bond acceptors (Lipinski definition) is 5. The number of nitrogen functional groups attached to an aromatic ring is 1. The van der Waals surface area contributed by atoms with Crippen LogP contribution in [0.1, 0.15) is 15.9 Å². The van der Waals surface area contributed by atoms with Crippen LogP contribution in [0.25, 0.3) is 11.3 Å². The van der Waals surface area contributed by atoms with E-state index in [0.29, 0.717) is 23.1 Å². The van der Waals surface area contributed by atoms with Crippen LogP contribution in [0.15, 0.2) is 18.2 Å². The minimum atomic E-state index is -0.473. The van der Waals surface area contributed by atoms with E-state index in [4.69, 9.17) is 5.73 Å². The lowest BCUT2D eigenvalue weighted by Gasteiger charge is -2.01. The zero-order chi connectivity index (χ0) is 13.3. The van der Waals surface area contributed by atoms with Gasteiger partial charge in [0.1, 0.15) is 0 Å². The van der Waals surface area contributed by atoms with E-state index in [2.05, 4.69) is 10.2 Å². The normalized spacial score (nSPS) is 10.3. The fourth-order valence-corrected chi connectivity index (χ4v) is 1.67. The van der Waals surface area contributed by atoms with Crippen molar-refractivity contribution in [3.63, 3.8) is 0 Å². The molecular weight excluding hydrogens is 236 g/mol. The number of nitrogens with two attached hydrogens (primary N) is 1. The van der Waals surface area contributed by atoms with Gasteiger partial charge in [-0.05, 0) is 6.92 Å². The number of aryl methyl sites for hydroxylation is 1. The summed E-state index contributed by atoms with van der Waals surface area (Å²) in [5, 5.41) is 17.2. The molecule has 0 aliphatic carbocycles. The average molecular weight is 246 g/mol. The number of aromatic amines is 1. The molecule has 2 rings (SSSR count). The maximum Gasteiger partial charge on any atom is 0.272 e. The molecule has 0 bridgehead atoms. The Bertz CT molecular complexity index is 633. The second-order valence-electron chi connectivity index (χ2n) is 3.77. The van der Waals surface area contributed by atoms with Crippen LogP contribution in [0.4, 0.5) is 11.5 Å². The van der Waals surface area contributed by atoms with Gasteiger partial charge in [-0.1, -0.05) is 12.1 Å². The Labute approximate surface area is 102 Å². The van der Waals surface area contributed by atoms with E-state index in [0.717, 1.165) is 0 Å². The Morgan fingerprint density at radius 2 is 2.22 bits per heavy atom. The Balaban J connectivity index is 2.61. The highest BCUT2D eigenvalue weighted by Gasteiger charge is 2.16. The molecule has 18 heavy (non-hydrogen) atoms. The first-order valence-corrected chi connectivity index (χ1v) is 5.09. The van der Waals surface area contributed by atoms with Gasteiger partial charge in [-0.25, -0.2) is 0 Å². The molecule has 7 nitrogen and oxygen atoms in total. The first-order chi connectivity index (χ1) is 8.54. The summed E-state index contributed by atoms with van der Waals surface area (Å²) < 4.78 is 0. The number of rotatable bonds is 3. The number of H-pyrrole nitrogens is 1. The zero-order valence-electron chi connectivity index (χ0n) is 9.51. The highest BCUT2D eigenvalue weighted by Crippen LogP contribution is 2.28. The van der Waals surface area contributed by atoms with Gasteiger partial charge in [-0.2, -0.15) is 5.10 Å². The first kappa shape index (κ1) is 11.8. The summed E-state index contributed by atoms with van der Waals surface area (Å²) in [7, 11) is 0. The molecule has 0 atom stereocenters. The van der Waals surface area contributed by atoms with Gasteiger partial charge in [0.2, 0.25) is 0 Å². The van der Waals surface area contributed by atoms with E-state index < -0.39 is 4.92 Å². The quantitative estimate of drug-likeness (QED) is 0.485. The number of nitro benzene ring substituents is 1. The zero-order valence-corrected chi connectivity index (χ0v) is 9.51. The Morgan fingerprint density at radius 3 is 2.83 bits per heavy atom. The van der Waals surface area contributed by atoms with Crippen LogP contribution in [-0.2, 0) is 0 Å². The molecule has 1 aromatic carbocycles. The Morgan fingerprint density at radius 1 is 1.50 bits per heavy atom. The molecule has 0 unspecified atom stereocenters. The third-order valence-electron chi connectivity index (χ3n) is 2.65. The topological polar surface area (TPSA) is 115 Å². The maximum atomic E-state index is 10.9. The number of aromatic nitrogens is 2. The van der Waals surface area contributed by atoms with E-state index in [1.165, 1.54) is 6.07 Å². The van der Waals surface area contributed by atoms with Crippen LogP contribution in [0.2, 0.25) is 0 Å². The van der Waals surface area contributed by atoms with E-state index in [-0.39, 0.29) is 17.1 Å². The lowest BCUT2D eigenvalue weighted by Crippen LogP contribution is -1.94. The van der Waals surface area contributed by atoms with Gasteiger partial charge in [0.25, 0.3) is 5.69 Å². The number of benzene rings is 1. The maximum absolute atomic E-state index is 10.9. The number of nitrogens with one attached hydrogen (secondary N) is 1. The number of carbonyl (C=O) groups excluding carboxylic acids is 1. The van der Waals surface area contributed by atoms with Crippen molar-refractivity contribution < 1.29 is 9.72 Å². The SMILES string of the molecule is Cc1ccc(-c2[nH]nc(N)c2C=O)cc1[N+](=O)[O-]. The highest BCUT2D eigenvalue weighted by atomic mass is 16.6. The fraction of sp³-hybridized carbons (Fsp3) is 0.0909. The molecule has 0 saturated carbocycles. The van der Waals surface area contributed by atoms with Gasteiger partial charge < -0.3 is 5.73 Å². The average Bonchev–Trinajstić information content (AvgIpc) is 2.70. The molecule has 1 heterocycles. The third-order valence-corrected chi connectivity index (χ3v) is 2.65. The van der Waals surface area contributed by atoms with Crippen molar-refractivity contribution in [3.05, 3.63) is 39.4 Å². The Kier molecular flexibility index (Phi) is 2.80. The molecule has 0 fully saturated rings. The number of nitrogens with zero attached hydrogens (tertiary/aromatic N) is 2.